The Morgan fingerprint density at radius 2 is 1.55 bits per heavy atom. The van der Waals surface area contributed by atoms with E-state index in [9.17, 15) is 19.5 Å². The quantitative estimate of drug-likeness (QED) is 0.0738. The molecular weight excluding hydrogens is 907 g/mol. The number of ketones is 1. The highest BCUT2D eigenvalue weighted by atomic mass is 28.4. The zero-order valence-electron chi connectivity index (χ0n) is 43.9. The number of aliphatic hydroxyl groups is 1. The third-order valence-corrected chi connectivity index (χ3v) is 21.9. The van der Waals surface area contributed by atoms with Crippen molar-refractivity contribution in [3.63, 3.8) is 0 Å². The molecule has 1 amide bonds. The van der Waals surface area contributed by atoms with Crippen molar-refractivity contribution in [3.05, 3.63) is 46.6 Å². The van der Waals surface area contributed by atoms with Gasteiger partial charge < -0.3 is 52.7 Å². The van der Waals surface area contributed by atoms with E-state index in [0.717, 1.165) is 5.57 Å². The van der Waals surface area contributed by atoms with Crippen molar-refractivity contribution in [1.82, 2.24) is 5.32 Å². The molecule has 69 heavy (non-hydrogen) atoms. The molecule has 4 bridgehead atoms. The molecule has 6 rings (SSSR count). The van der Waals surface area contributed by atoms with Crippen LogP contribution in [0.25, 0.3) is 0 Å². The van der Waals surface area contributed by atoms with Crippen LogP contribution in [0, 0.1) is 16.7 Å². The topological polar surface area (TPSA) is 201 Å². The van der Waals surface area contributed by atoms with Crippen molar-refractivity contribution in [2.75, 3.05) is 20.8 Å². The number of alkyl carbamates (subject to hydrolysis) is 1. The number of carbonyl (C=O) groups is 5. The smallest absolute Gasteiger partial charge is 0.408 e. The SMILES string of the molecule is COc1ccc(OC)c(C(=O)O[C@H]2[C@@H]3[C@]4(OC(C)=O)CO[C@@H]4C[C@H]4O[C@@H](C(=O)[C@@]34C)C3=C(C)[C@@H](OC(=O)[C@H](O[Si](C(C)C)(C(C)C)C(C)C)[C@H](C=C(C)C)NC(=O)OC(C)(C)C)C[C@]2(O)C3(C)C)c1. The highest BCUT2D eigenvalue weighted by Crippen LogP contribution is 2.67. The first-order chi connectivity index (χ1) is 31.9. The maximum atomic E-state index is 15.5. The molecule has 384 valence electrons. The van der Waals surface area contributed by atoms with E-state index in [0.29, 0.717) is 16.9 Å². The van der Waals surface area contributed by atoms with Gasteiger partial charge in [-0.15, -0.1) is 0 Å². The van der Waals surface area contributed by atoms with Gasteiger partial charge in [-0.1, -0.05) is 67.0 Å². The summed E-state index contributed by atoms with van der Waals surface area (Å²) in [6, 6.07) is 3.54. The molecule has 2 saturated heterocycles. The Morgan fingerprint density at radius 1 is 0.928 bits per heavy atom. The van der Waals surface area contributed by atoms with E-state index < -0.39 is 109 Å². The zero-order valence-corrected chi connectivity index (χ0v) is 44.9. The van der Waals surface area contributed by atoms with Gasteiger partial charge >= 0.3 is 24.0 Å². The summed E-state index contributed by atoms with van der Waals surface area (Å²) in [5.41, 5.74) is -5.93. The van der Waals surface area contributed by atoms with Crippen LogP contribution < -0.4 is 14.8 Å². The van der Waals surface area contributed by atoms with Gasteiger partial charge in [-0.3, -0.25) is 9.59 Å². The number of rotatable bonds is 15. The normalized spacial score (nSPS) is 31.1. The average Bonchev–Trinajstić information content (AvgIpc) is 3.47. The Hall–Kier alpha value is -4.29. The molecule has 3 aliphatic carbocycles. The van der Waals surface area contributed by atoms with Gasteiger partial charge in [0.05, 0.1) is 44.3 Å². The summed E-state index contributed by atoms with van der Waals surface area (Å²) in [6.07, 6.45) is -6.41. The van der Waals surface area contributed by atoms with Crippen molar-refractivity contribution < 1.29 is 71.4 Å². The van der Waals surface area contributed by atoms with Gasteiger partial charge in [-0.2, -0.15) is 0 Å². The van der Waals surface area contributed by atoms with Crippen molar-refractivity contribution >= 4 is 38.1 Å². The van der Waals surface area contributed by atoms with Gasteiger partial charge in [0, 0.05) is 25.2 Å². The number of Topliss-reactive ketones (excluding diaryl/α,β-unsaturated/α-hetero) is 1. The fourth-order valence-corrected chi connectivity index (χ4v) is 18.2. The molecule has 2 aliphatic heterocycles. The highest BCUT2D eigenvalue weighted by molar-refractivity contribution is 6.77. The zero-order chi connectivity index (χ0) is 51.7. The van der Waals surface area contributed by atoms with E-state index in [1.807, 2.05) is 13.8 Å². The minimum Gasteiger partial charge on any atom is -0.497 e. The lowest BCUT2D eigenvalue weighted by Gasteiger charge is -2.65. The average molecular weight is 984 g/mol. The van der Waals surface area contributed by atoms with Gasteiger partial charge in [0.2, 0.25) is 8.32 Å². The second-order valence-corrected chi connectivity index (χ2v) is 28.1. The molecule has 0 unspecified atom stereocenters. The number of benzene rings is 1. The number of hydrogen-bond acceptors (Lipinski definition) is 15. The molecule has 16 nitrogen and oxygen atoms in total. The molecule has 1 aromatic rings. The van der Waals surface area contributed by atoms with Crippen LogP contribution in [0.15, 0.2) is 41.0 Å². The summed E-state index contributed by atoms with van der Waals surface area (Å²) < 4.78 is 56.7. The van der Waals surface area contributed by atoms with Crippen LogP contribution in [0.3, 0.4) is 0 Å². The number of methoxy groups -OCH3 is 2. The number of ether oxygens (including phenoxy) is 8. The van der Waals surface area contributed by atoms with Crippen molar-refractivity contribution in [1.29, 1.82) is 0 Å². The third-order valence-electron chi connectivity index (χ3n) is 15.8. The van der Waals surface area contributed by atoms with Crippen molar-refractivity contribution in [3.8, 4) is 11.5 Å². The second kappa shape index (κ2) is 19.0. The predicted octanol–water partition coefficient (Wildman–Crippen LogP) is 8.12. The van der Waals surface area contributed by atoms with Gasteiger partial charge in [-0.05, 0) is 94.4 Å². The van der Waals surface area contributed by atoms with E-state index >= 15 is 9.59 Å². The molecule has 0 aromatic heterocycles. The van der Waals surface area contributed by atoms with E-state index in [1.54, 1.807) is 66.7 Å². The van der Waals surface area contributed by atoms with Crippen LogP contribution in [-0.2, 0) is 47.2 Å². The molecule has 0 spiro atoms. The summed E-state index contributed by atoms with van der Waals surface area (Å²) in [7, 11) is -0.104. The molecule has 2 N–H and O–H groups in total. The molecule has 5 aliphatic rings. The van der Waals surface area contributed by atoms with Crippen LogP contribution in [0.5, 0.6) is 11.5 Å². The standard InChI is InChI=1S/C52H77NO15Si/c1-26(2)21-34(53-47(58)67-48(11,12)13)40(68-69(27(3)4,28(5)6)29(7)8)46(57)63-36-24-52(59)44(65-45(56)33-22-32(60-17)19-20-35(33)61-18)42-50(16)37(23-38-51(42,25-62-38)66-31(10)54)64-41(43(50)55)39(30(36)9)49(52,14)15/h19-22,27-29,34,36-38,40-42,44,59H,23-25H2,1-18H3,(H,53,58)/t34-,36-,37+,38+,40+,41+,42-,44-,50+,51-,52+/m0/s1. The second-order valence-electron chi connectivity index (χ2n) is 22.7. The molecule has 17 heteroatoms. The number of allylic oxidation sites excluding steroid dienone is 1. The predicted molar refractivity (Wildman–Crippen MR) is 257 cm³/mol. The number of esters is 3. The van der Waals surface area contributed by atoms with Gasteiger partial charge in [0.15, 0.2) is 17.5 Å². The lowest BCUT2D eigenvalue weighted by Crippen LogP contribution is -2.80. The molecule has 4 fully saturated rings. The summed E-state index contributed by atoms with van der Waals surface area (Å²) in [4.78, 5) is 72.8. The van der Waals surface area contributed by atoms with E-state index in [-0.39, 0.29) is 53.2 Å². The van der Waals surface area contributed by atoms with Gasteiger partial charge in [0.25, 0.3) is 0 Å². The number of amides is 1. The fourth-order valence-electron chi connectivity index (χ4n) is 12.7. The summed E-state index contributed by atoms with van der Waals surface area (Å²) in [5, 5.41) is 17.0. The van der Waals surface area contributed by atoms with Crippen molar-refractivity contribution in [2.24, 2.45) is 16.7 Å². The van der Waals surface area contributed by atoms with Crippen LogP contribution in [-0.4, -0.2) is 124 Å². The Labute approximate surface area is 408 Å². The first-order valence-corrected chi connectivity index (χ1v) is 26.4. The lowest BCUT2D eigenvalue weighted by atomic mass is 9.46. The first kappa shape index (κ1) is 54.0. The molecule has 11 atom stereocenters. The Bertz CT molecular complexity index is 2240. The Morgan fingerprint density at radius 3 is 2.06 bits per heavy atom. The minimum atomic E-state index is -2.95. The fraction of sp³-hybridized carbons (Fsp3) is 0.712. The molecule has 1 aromatic carbocycles. The van der Waals surface area contributed by atoms with E-state index in [4.69, 9.17) is 42.3 Å². The summed E-state index contributed by atoms with van der Waals surface area (Å²) in [5.74, 6) is -3.55. The van der Waals surface area contributed by atoms with E-state index in [1.165, 1.54) is 27.2 Å². The monoisotopic (exact) mass is 984 g/mol. The first-order valence-electron chi connectivity index (χ1n) is 24.3. The van der Waals surface area contributed by atoms with Crippen molar-refractivity contribution in [2.45, 2.75) is 200 Å². The van der Waals surface area contributed by atoms with Crippen LogP contribution in [0.1, 0.15) is 134 Å². The molecule has 0 radical (unpaired) electrons. The lowest BCUT2D eigenvalue weighted by molar-refractivity contribution is -0.338. The van der Waals surface area contributed by atoms with E-state index in [2.05, 4.69) is 46.9 Å². The maximum absolute atomic E-state index is 15.5. The van der Waals surface area contributed by atoms with Gasteiger partial charge in [-0.25, -0.2) is 14.4 Å². The van der Waals surface area contributed by atoms with Crippen LogP contribution in [0.2, 0.25) is 16.6 Å². The summed E-state index contributed by atoms with van der Waals surface area (Å²) >= 11 is 0. The minimum absolute atomic E-state index is 0.00930. The Kier molecular flexibility index (Phi) is 14.9. The number of carbonyl (C=O) groups excluding carboxylic acids is 5. The molecular formula is C52H77NO15Si. The summed E-state index contributed by atoms with van der Waals surface area (Å²) in [6.45, 7) is 29.5. The largest absolute Gasteiger partial charge is 0.497 e. The molecule has 2 saturated carbocycles. The number of hydrogen-bond donors (Lipinski definition) is 2. The number of fused-ring (bicyclic) bond motifs is 6. The van der Waals surface area contributed by atoms with Crippen LogP contribution in [0.4, 0.5) is 4.79 Å². The third kappa shape index (κ3) is 9.05. The van der Waals surface area contributed by atoms with Gasteiger partial charge in [0.1, 0.15) is 52.7 Å². The highest BCUT2D eigenvalue weighted by Gasteiger charge is 2.80. The van der Waals surface area contributed by atoms with Crippen LogP contribution >= 0.6 is 0 Å². The Balaban J connectivity index is 1.58. The maximum Gasteiger partial charge on any atom is 0.408 e. The number of nitrogens with one attached hydrogen (secondary N) is 1. The molecule has 2 heterocycles.